The van der Waals surface area contributed by atoms with Crippen LogP contribution in [0.25, 0.3) is 0 Å². The van der Waals surface area contributed by atoms with E-state index in [-0.39, 0.29) is 6.10 Å². The third-order valence-electron chi connectivity index (χ3n) is 3.26. The molecular weight excluding hydrogens is 280 g/mol. The number of hydrogen-bond acceptors (Lipinski definition) is 3. The highest BCUT2D eigenvalue weighted by atomic mass is 79.9. The van der Waals surface area contributed by atoms with Crippen molar-refractivity contribution in [3.8, 4) is 5.88 Å². The molecule has 1 aliphatic carbocycles. The lowest BCUT2D eigenvalue weighted by Crippen LogP contribution is -2.29. The highest BCUT2D eigenvalue weighted by Crippen LogP contribution is 2.32. The molecule has 0 bridgehead atoms. The Balaban J connectivity index is 2.04. The summed E-state index contributed by atoms with van der Waals surface area (Å²) < 4.78 is 6.81. The number of ether oxygens (including phenoxy) is 1. The molecule has 0 saturated heterocycles. The summed E-state index contributed by atoms with van der Waals surface area (Å²) in [6, 6.07) is 1.83. The van der Waals surface area contributed by atoms with E-state index in [0.29, 0.717) is 11.6 Å². The van der Waals surface area contributed by atoms with E-state index in [9.17, 15) is 0 Å². The zero-order valence-electron chi connectivity index (χ0n) is 10.3. The minimum atomic E-state index is 0.254. The molecule has 3 nitrogen and oxygen atoms in total. The predicted molar refractivity (Wildman–Crippen MR) is 72.9 cm³/mol. The smallest absolute Gasteiger partial charge is 0.237 e. The van der Waals surface area contributed by atoms with E-state index in [1.54, 1.807) is 6.20 Å². The van der Waals surface area contributed by atoms with Crippen LogP contribution >= 0.6 is 15.9 Å². The van der Waals surface area contributed by atoms with Crippen molar-refractivity contribution in [2.45, 2.75) is 39.2 Å². The topological polar surface area (TPSA) is 48.1 Å². The van der Waals surface area contributed by atoms with E-state index in [2.05, 4.69) is 34.8 Å². The Morgan fingerprint density at radius 1 is 1.29 bits per heavy atom. The lowest BCUT2D eigenvalue weighted by Gasteiger charge is -2.31. The highest BCUT2D eigenvalue weighted by molar-refractivity contribution is 9.10. The molecule has 0 amide bonds. The number of pyridine rings is 1. The maximum absolute atomic E-state index is 5.92. The second-order valence-electron chi connectivity index (χ2n) is 5.21. The summed E-state index contributed by atoms with van der Waals surface area (Å²) in [5.41, 5.74) is 6.49. The van der Waals surface area contributed by atoms with Gasteiger partial charge in [-0.25, -0.2) is 4.98 Å². The highest BCUT2D eigenvalue weighted by Gasteiger charge is 2.25. The fraction of sp³-hybridized carbons (Fsp3) is 0.615. The molecule has 0 aromatic carbocycles. The second kappa shape index (κ2) is 5.25. The average Bonchev–Trinajstić information content (AvgIpc) is 2.21. The Hall–Kier alpha value is -0.770. The van der Waals surface area contributed by atoms with Crippen LogP contribution in [-0.4, -0.2) is 11.1 Å². The first-order chi connectivity index (χ1) is 8.04. The molecule has 0 spiro atoms. The normalized spacial score (nSPS) is 29.0. The fourth-order valence-electron chi connectivity index (χ4n) is 2.67. The lowest BCUT2D eigenvalue weighted by atomic mass is 9.82. The number of aromatic nitrogens is 1. The van der Waals surface area contributed by atoms with Gasteiger partial charge in [0.05, 0.1) is 5.69 Å². The van der Waals surface area contributed by atoms with Crippen LogP contribution in [0.3, 0.4) is 0 Å². The van der Waals surface area contributed by atoms with Crippen LogP contribution in [0.4, 0.5) is 5.69 Å². The Morgan fingerprint density at radius 3 is 2.53 bits per heavy atom. The number of rotatable bonds is 2. The van der Waals surface area contributed by atoms with Gasteiger partial charge in [-0.3, -0.25) is 0 Å². The molecule has 2 N–H and O–H groups in total. The van der Waals surface area contributed by atoms with Gasteiger partial charge in [0, 0.05) is 10.7 Å². The molecule has 2 unspecified atom stereocenters. The van der Waals surface area contributed by atoms with Crippen molar-refractivity contribution >= 4 is 21.6 Å². The zero-order valence-corrected chi connectivity index (χ0v) is 11.9. The summed E-state index contributed by atoms with van der Waals surface area (Å²) in [5.74, 6) is 2.01. The van der Waals surface area contributed by atoms with Gasteiger partial charge in [-0.1, -0.05) is 13.8 Å². The summed E-state index contributed by atoms with van der Waals surface area (Å²) in [6.45, 7) is 4.56. The van der Waals surface area contributed by atoms with Crippen LogP contribution in [0.2, 0.25) is 0 Å². The van der Waals surface area contributed by atoms with Crippen LogP contribution in [-0.2, 0) is 0 Å². The van der Waals surface area contributed by atoms with Gasteiger partial charge in [-0.2, -0.15) is 0 Å². The van der Waals surface area contributed by atoms with Gasteiger partial charge in [0.1, 0.15) is 6.10 Å². The largest absolute Gasteiger partial charge is 0.473 e. The van der Waals surface area contributed by atoms with Gasteiger partial charge in [0.15, 0.2) is 0 Å². The molecule has 1 aromatic rings. The molecule has 17 heavy (non-hydrogen) atoms. The molecule has 1 aliphatic rings. The number of nitrogens with two attached hydrogens (primary N) is 1. The Labute approximate surface area is 111 Å². The van der Waals surface area contributed by atoms with Gasteiger partial charge in [-0.15, -0.1) is 0 Å². The zero-order chi connectivity index (χ0) is 12.4. The van der Waals surface area contributed by atoms with Crippen LogP contribution in [0, 0.1) is 11.8 Å². The molecule has 2 atom stereocenters. The summed E-state index contributed by atoms with van der Waals surface area (Å²) in [5, 5.41) is 0. The standard InChI is InChI=1S/C13H19BrN2O/c1-8-3-9(2)5-11(4-8)17-13-12(15)6-10(14)7-16-13/h6-9,11H,3-5,15H2,1-2H3. The monoisotopic (exact) mass is 298 g/mol. The van der Waals surface area contributed by atoms with Crippen LogP contribution in [0.5, 0.6) is 5.88 Å². The van der Waals surface area contributed by atoms with Crippen LogP contribution in [0.15, 0.2) is 16.7 Å². The summed E-state index contributed by atoms with van der Waals surface area (Å²) in [7, 11) is 0. The van der Waals surface area contributed by atoms with Gasteiger partial charge in [0.2, 0.25) is 5.88 Å². The van der Waals surface area contributed by atoms with Crippen molar-refractivity contribution in [1.29, 1.82) is 0 Å². The predicted octanol–water partition coefficient (Wildman–Crippen LogP) is 3.63. The van der Waals surface area contributed by atoms with Crippen LogP contribution in [0.1, 0.15) is 33.1 Å². The minimum Gasteiger partial charge on any atom is -0.473 e. The lowest BCUT2D eigenvalue weighted by molar-refractivity contribution is 0.0974. The quantitative estimate of drug-likeness (QED) is 0.907. The Bertz CT molecular complexity index is 387. The molecule has 1 aromatic heterocycles. The first kappa shape index (κ1) is 12.7. The number of hydrogen-bond donors (Lipinski definition) is 1. The maximum atomic E-state index is 5.92. The van der Waals surface area contributed by atoms with Crippen molar-refractivity contribution in [2.75, 3.05) is 5.73 Å². The van der Waals surface area contributed by atoms with Gasteiger partial charge in [0.25, 0.3) is 0 Å². The number of anilines is 1. The first-order valence-corrected chi connectivity index (χ1v) is 6.91. The van der Waals surface area contributed by atoms with E-state index >= 15 is 0 Å². The summed E-state index contributed by atoms with van der Waals surface area (Å²) >= 11 is 3.34. The summed E-state index contributed by atoms with van der Waals surface area (Å²) in [6.07, 6.45) is 5.47. The van der Waals surface area contributed by atoms with E-state index < -0.39 is 0 Å². The third kappa shape index (κ3) is 3.35. The van der Waals surface area contributed by atoms with Crippen molar-refractivity contribution in [1.82, 2.24) is 4.98 Å². The van der Waals surface area contributed by atoms with E-state index in [0.717, 1.165) is 29.2 Å². The van der Waals surface area contributed by atoms with E-state index in [1.807, 2.05) is 6.07 Å². The van der Waals surface area contributed by atoms with Crippen molar-refractivity contribution in [2.24, 2.45) is 11.8 Å². The molecule has 94 valence electrons. The minimum absolute atomic E-state index is 0.254. The Morgan fingerprint density at radius 2 is 1.94 bits per heavy atom. The van der Waals surface area contributed by atoms with E-state index in [4.69, 9.17) is 10.5 Å². The van der Waals surface area contributed by atoms with Crippen molar-refractivity contribution in [3.63, 3.8) is 0 Å². The van der Waals surface area contributed by atoms with Crippen LogP contribution < -0.4 is 10.5 Å². The molecule has 1 heterocycles. The molecule has 1 fully saturated rings. The van der Waals surface area contributed by atoms with Gasteiger partial charge < -0.3 is 10.5 Å². The van der Waals surface area contributed by atoms with Crippen molar-refractivity contribution < 1.29 is 4.74 Å². The molecule has 0 aliphatic heterocycles. The van der Waals surface area contributed by atoms with Gasteiger partial charge in [-0.05, 0) is 53.1 Å². The maximum Gasteiger partial charge on any atom is 0.237 e. The number of nitrogens with zero attached hydrogens (tertiary/aromatic N) is 1. The Kier molecular flexibility index (Phi) is 3.92. The van der Waals surface area contributed by atoms with Gasteiger partial charge >= 0.3 is 0 Å². The molecule has 0 radical (unpaired) electrons. The van der Waals surface area contributed by atoms with E-state index in [1.165, 1.54) is 6.42 Å². The molecule has 1 saturated carbocycles. The molecular formula is C13H19BrN2O. The SMILES string of the molecule is CC1CC(C)CC(Oc2ncc(Br)cc2N)C1. The summed E-state index contributed by atoms with van der Waals surface area (Å²) in [4.78, 5) is 4.23. The van der Waals surface area contributed by atoms with Crippen molar-refractivity contribution in [3.05, 3.63) is 16.7 Å². The first-order valence-electron chi connectivity index (χ1n) is 6.12. The molecule has 4 heteroatoms. The average molecular weight is 299 g/mol. The third-order valence-corrected chi connectivity index (χ3v) is 3.69. The fourth-order valence-corrected chi connectivity index (χ4v) is 3.02. The number of nitrogen functional groups attached to an aromatic ring is 1. The number of halogens is 1. The molecule has 2 rings (SSSR count). The second-order valence-corrected chi connectivity index (χ2v) is 6.12.